The van der Waals surface area contributed by atoms with Gasteiger partial charge in [-0.15, -0.1) is 17.9 Å². The predicted octanol–water partition coefficient (Wildman–Crippen LogP) is 4.31. The molecule has 0 radical (unpaired) electrons. The second-order valence-corrected chi connectivity index (χ2v) is 10.2. The first kappa shape index (κ1) is 20.7. The van der Waals surface area contributed by atoms with Gasteiger partial charge in [0.1, 0.15) is 4.83 Å². The number of nitrogens with zero attached hydrogens (tertiary/aromatic N) is 2. The summed E-state index contributed by atoms with van der Waals surface area (Å²) in [6.45, 7) is 6.43. The van der Waals surface area contributed by atoms with E-state index < -0.39 is 0 Å². The minimum absolute atomic E-state index is 0.0121. The number of amides is 1. The van der Waals surface area contributed by atoms with Gasteiger partial charge in [-0.2, -0.15) is 0 Å². The lowest BCUT2D eigenvalue weighted by molar-refractivity contribution is -0.119. The number of carbonyl (C=O) groups is 1. The summed E-state index contributed by atoms with van der Waals surface area (Å²) in [5.74, 6) is 0.839. The standard InChI is InChI=1S/C22H29N3O2S2/c1-3-12-25-21(27)19-15-9-5-7-11-17(15)29-20(19)24-22(25)28-13-18(26)23-16-10-6-4-8-14(16)2/h3,14,16H,1,4-13H2,2H3,(H,23,26)/t14-,16-/m0/s1. The monoisotopic (exact) mass is 431 g/mol. The lowest BCUT2D eigenvalue weighted by atomic mass is 9.86. The molecular formula is C22H29N3O2S2. The Morgan fingerprint density at radius 3 is 2.90 bits per heavy atom. The van der Waals surface area contributed by atoms with Gasteiger partial charge in [-0.05, 0) is 50.0 Å². The van der Waals surface area contributed by atoms with Crippen molar-refractivity contribution >= 4 is 39.2 Å². The summed E-state index contributed by atoms with van der Waals surface area (Å²) >= 11 is 3.01. The molecule has 2 heterocycles. The normalized spacial score (nSPS) is 21.7. The first-order valence-corrected chi connectivity index (χ1v) is 12.5. The SMILES string of the molecule is C=CCn1c(SCC(=O)N[C@H]2CCCC[C@@H]2C)nc2sc3c(c2c1=O)CCCC3. The fraction of sp³-hybridized carbons (Fsp3) is 0.591. The van der Waals surface area contributed by atoms with Crippen LogP contribution in [0.2, 0.25) is 0 Å². The van der Waals surface area contributed by atoms with E-state index in [0.29, 0.717) is 17.6 Å². The summed E-state index contributed by atoms with van der Waals surface area (Å²) in [7, 11) is 0. The highest BCUT2D eigenvalue weighted by molar-refractivity contribution is 7.99. The summed E-state index contributed by atoms with van der Waals surface area (Å²) in [5, 5.41) is 4.60. The number of aryl methyl sites for hydroxylation is 2. The van der Waals surface area contributed by atoms with Gasteiger partial charge >= 0.3 is 0 Å². The molecule has 7 heteroatoms. The van der Waals surface area contributed by atoms with E-state index >= 15 is 0 Å². The summed E-state index contributed by atoms with van der Waals surface area (Å²) < 4.78 is 1.68. The number of hydrogen-bond donors (Lipinski definition) is 1. The third kappa shape index (κ3) is 4.31. The fourth-order valence-corrected chi connectivity index (χ4v) is 6.65. The van der Waals surface area contributed by atoms with Gasteiger partial charge in [-0.1, -0.05) is 37.6 Å². The third-order valence-electron chi connectivity index (χ3n) is 6.14. The van der Waals surface area contributed by atoms with Gasteiger partial charge in [0, 0.05) is 17.5 Å². The molecule has 2 aromatic rings. The van der Waals surface area contributed by atoms with Crippen molar-refractivity contribution in [2.45, 2.75) is 76.0 Å². The molecule has 2 aromatic heterocycles. The minimum atomic E-state index is 0.0121. The molecule has 0 aromatic carbocycles. The Bertz CT molecular complexity index is 979. The maximum absolute atomic E-state index is 13.2. The molecule has 2 aliphatic carbocycles. The maximum Gasteiger partial charge on any atom is 0.263 e. The predicted molar refractivity (Wildman–Crippen MR) is 121 cm³/mol. The van der Waals surface area contributed by atoms with E-state index in [-0.39, 0.29) is 23.3 Å². The fourth-order valence-electron chi connectivity index (χ4n) is 4.53. The number of aromatic nitrogens is 2. The topological polar surface area (TPSA) is 64.0 Å². The molecule has 1 amide bonds. The molecule has 2 atom stereocenters. The van der Waals surface area contributed by atoms with Crippen molar-refractivity contribution in [1.29, 1.82) is 0 Å². The maximum atomic E-state index is 13.2. The highest BCUT2D eigenvalue weighted by atomic mass is 32.2. The van der Waals surface area contributed by atoms with Gasteiger partial charge in [0.25, 0.3) is 5.56 Å². The quantitative estimate of drug-likeness (QED) is 0.421. The summed E-state index contributed by atoms with van der Waals surface area (Å²) in [4.78, 5) is 32.7. The average Bonchev–Trinajstić information content (AvgIpc) is 3.09. The molecule has 0 spiro atoms. The number of rotatable bonds is 6. The van der Waals surface area contributed by atoms with Crippen LogP contribution in [0.1, 0.15) is 55.9 Å². The van der Waals surface area contributed by atoms with Crippen molar-refractivity contribution in [2.24, 2.45) is 5.92 Å². The zero-order valence-corrected chi connectivity index (χ0v) is 18.7. The van der Waals surface area contributed by atoms with E-state index in [1.54, 1.807) is 22.0 Å². The van der Waals surface area contributed by atoms with Crippen molar-refractivity contribution in [3.8, 4) is 0 Å². The Labute approximate surface area is 180 Å². The van der Waals surface area contributed by atoms with Crippen LogP contribution in [-0.2, 0) is 24.2 Å². The van der Waals surface area contributed by atoms with Crippen LogP contribution < -0.4 is 10.9 Å². The highest BCUT2D eigenvalue weighted by Crippen LogP contribution is 2.34. The van der Waals surface area contributed by atoms with Gasteiger partial charge in [-0.25, -0.2) is 4.98 Å². The van der Waals surface area contributed by atoms with Crippen molar-refractivity contribution in [2.75, 3.05) is 5.75 Å². The minimum Gasteiger partial charge on any atom is -0.352 e. The Balaban J connectivity index is 1.56. The van der Waals surface area contributed by atoms with E-state index in [4.69, 9.17) is 4.98 Å². The van der Waals surface area contributed by atoms with Crippen LogP contribution in [0, 0.1) is 5.92 Å². The highest BCUT2D eigenvalue weighted by Gasteiger charge is 2.24. The first-order chi connectivity index (χ1) is 14.1. The van der Waals surface area contributed by atoms with E-state index in [9.17, 15) is 9.59 Å². The average molecular weight is 432 g/mol. The molecular weight excluding hydrogens is 402 g/mol. The number of allylic oxidation sites excluding steroid dienone is 1. The van der Waals surface area contributed by atoms with E-state index in [2.05, 4.69) is 18.8 Å². The smallest absolute Gasteiger partial charge is 0.263 e. The first-order valence-electron chi connectivity index (χ1n) is 10.7. The molecule has 1 N–H and O–H groups in total. The molecule has 2 aliphatic rings. The Morgan fingerprint density at radius 2 is 2.10 bits per heavy atom. The van der Waals surface area contributed by atoms with Crippen LogP contribution in [0.5, 0.6) is 0 Å². The largest absolute Gasteiger partial charge is 0.352 e. The number of thioether (sulfide) groups is 1. The Hall–Kier alpha value is -1.60. The van der Waals surface area contributed by atoms with Crippen LogP contribution in [0.15, 0.2) is 22.6 Å². The summed E-state index contributed by atoms with van der Waals surface area (Å²) in [5.41, 5.74) is 1.21. The lowest BCUT2D eigenvalue weighted by Gasteiger charge is -2.29. The zero-order valence-electron chi connectivity index (χ0n) is 17.0. The Kier molecular flexibility index (Phi) is 6.44. The zero-order chi connectivity index (χ0) is 20.4. The molecule has 156 valence electrons. The molecule has 0 bridgehead atoms. The third-order valence-corrected chi connectivity index (χ3v) is 8.30. The van der Waals surface area contributed by atoms with Crippen molar-refractivity contribution < 1.29 is 4.79 Å². The lowest BCUT2D eigenvalue weighted by Crippen LogP contribution is -2.41. The van der Waals surface area contributed by atoms with Crippen LogP contribution >= 0.6 is 23.1 Å². The number of carbonyl (C=O) groups excluding carboxylic acids is 1. The summed E-state index contributed by atoms with van der Waals surface area (Å²) in [6, 6.07) is 0.270. The second kappa shape index (κ2) is 9.04. The molecule has 0 unspecified atom stereocenters. The van der Waals surface area contributed by atoms with Crippen LogP contribution in [-0.4, -0.2) is 27.3 Å². The number of hydrogen-bond acceptors (Lipinski definition) is 5. The second-order valence-electron chi connectivity index (χ2n) is 8.21. The number of thiophene rings is 1. The van der Waals surface area contributed by atoms with Crippen molar-refractivity contribution in [3.63, 3.8) is 0 Å². The molecule has 0 saturated heterocycles. The van der Waals surface area contributed by atoms with Crippen LogP contribution in [0.4, 0.5) is 0 Å². The van der Waals surface area contributed by atoms with Crippen LogP contribution in [0.3, 0.4) is 0 Å². The number of fused-ring (bicyclic) bond motifs is 3. The molecule has 5 nitrogen and oxygen atoms in total. The van der Waals surface area contributed by atoms with E-state index in [1.807, 2.05) is 0 Å². The van der Waals surface area contributed by atoms with Crippen molar-refractivity contribution in [3.05, 3.63) is 33.4 Å². The van der Waals surface area contributed by atoms with Crippen molar-refractivity contribution in [1.82, 2.24) is 14.9 Å². The molecule has 29 heavy (non-hydrogen) atoms. The molecule has 0 aliphatic heterocycles. The van der Waals surface area contributed by atoms with Gasteiger partial charge in [0.05, 0.1) is 11.1 Å². The summed E-state index contributed by atoms with van der Waals surface area (Å²) in [6.07, 6.45) is 10.7. The van der Waals surface area contributed by atoms with E-state index in [0.717, 1.165) is 35.9 Å². The number of nitrogens with one attached hydrogen (secondary N) is 1. The molecule has 1 fully saturated rings. The van der Waals surface area contributed by atoms with Gasteiger partial charge in [0.2, 0.25) is 5.91 Å². The van der Waals surface area contributed by atoms with E-state index in [1.165, 1.54) is 47.9 Å². The van der Waals surface area contributed by atoms with Gasteiger partial charge < -0.3 is 5.32 Å². The molecule has 4 rings (SSSR count). The molecule has 1 saturated carbocycles. The van der Waals surface area contributed by atoms with Gasteiger partial charge in [0.15, 0.2) is 5.16 Å². The Morgan fingerprint density at radius 1 is 1.31 bits per heavy atom. The van der Waals surface area contributed by atoms with Gasteiger partial charge in [-0.3, -0.25) is 14.2 Å². The van der Waals surface area contributed by atoms with Crippen LogP contribution in [0.25, 0.3) is 10.2 Å².